The van der Waals surface area contributed by atoms with Gasteiger partial charge in [0.25, 0.3) is 5.91 Å². The Hall–Kier alpha value is -3.70. The van der Waals surface area contributed by atoms with E-state index in [1.165, 1.54) is 0 Å². The summed E-state index contributed by atoms with van der Waals surface area (Å²) < 4.78 is 7.90. The molecule has 1 amide bonds. The number of likely N-dealkylation sites (tertiary alicyclic amines) is 1. The number of rotatable bonds is 4. The average molecular weight is 441 g/mol. The van der Waals surface area contributed by atoms with E-state index in [-0.39, 0.29) is 12.0 Å². The third-order valence-corrected chi connectivity index (χ3v) is 6.98. The largest absolute Gasteiger partial charge is 0.368 e. The predicted octanol–water partition coefficient (Wildman–Crippen LogP) is 3.60. The lowest BCUT2D eigenvalue weighted by Crippen LogP contribution is -2.65. The van der Waals surface area contributed by atoms with E-state index < -0.39 is 5.54 Å². The molecule has 1 unspecified atom stereocenters. The number of nitrogens with one attached hydrogen (secondary N) is 1. The highest BCUT2D eigenvalue weighted by molar-refractivity contribution is 6.02. The van der Waals surface area contributed by atoms with Gasteiger partial charge in [-0.15, -0.1) is 0 Å². The minimum absolute atomic E-state index is 0.0461. The van der Waals surface area contributed by atoms with Crippen molar-refractivity contribution < 1.29 is 9.53 Å². The minimum atomic E-state index is -0.471. The van der Waals surface area contributed by atoms with Gasteiger partial charge in [0.1, 0.15) is 18.1 Å². The van der Waals surface area contributed by atoms with Gasteiger partial charge in [-0.05, 0) is 31.4 Å². The van der Waals surface area contributed by atoms with Crippen molar-refractivity contribution in [2.24, 2.45) is 0 Å². The van der Waals surface area contributed by atoms with E-state index in [4.69, 9.17) is 4.74 Å². The quantitative estimate of drug-likeness (QED) is 0.523. The van der Waals surface area contributed by atoms with E-state index in [2.05, 4.69) is 43.9 Å². The summed E-state index contributed by atoms with van der Waals surface area (Å²) >= 11 is 0. The molecule has 5 heterocycles. The van der Waals surface area contributed by atoms with Gasteiger partial charge in [-0.25, -0.2) is 9.97 Å². The maximum atomic E-state index is 13.0. The Kier molecular flexibility index (Phi) is 4.66. The fourth-order valence-electron chi connectivity index (χ4n) is 5.30. The molecule has 1 aromatic carbocycles. The van der Waals surface area contributed by atoms with Crippen LogP contribution in [-0.2, 0) is 15.1 Å². The van der Waals surface area contributed by atoms with E-state index in [0.717, 1.165) is 52.5 Å². The molecule has 1 N–H and O–H groups in total. The molecule has 0 aliphatic carbocycles. The Labute approximate surface area is 190 Å². The first-order chi connectivity index (χ1) is 16.2. The molecule has 0 radical (unpaired) electrons. The zero-order chi connectivity index (χ0) is 22.4. The van der Waals surface area contributed by atoms with Crippen LogP contribution in [0.3, 0.4) is 0 Å². The number of para-hydroxylation sites is 1. The highest BCUT2D eigenvalue weighted by atomic mass is 16.5. The number of carbonyl (C=O) groups is 1. The molecule has 2 saturated heterocycles. The molecule has 2 aliphatic heterocycles. The van der Waals surface area contributed by atoms with Crippen LogP contribution in [0.25, 0.3) is 33.2 Å². The summed E-state index contributed by atoms with van der Waals surface area (Å²) in [6, 6.07) is 12.5. The van der Waals surface area contributed by atoms with Crippen LogP contribution in [0.5, 0.6) is 0 Å². The van der Waals surface area contributed by atoms with Crippen molar-refractivity contribution in [3.05, 3.63) is 49.1 Å². The number of aromatic nitrogens is 4. The fraction of sp³-hybridized carbons (Fsp3) is 0.360. The third-order valence-electron chi connectivity index (χ3n) is 6.98. The lowest BCUT2D eigenvalue weighted by Gasteiger charge is -2.51. The molecule has 6 rings (SSSR count). The zero-order valence-electron chi connectivity index (χ0n) is 18.2. The first-order valence-corrected chi connectivity index (χ1v) is 11.4. The Balaban J connectivity index is 1.41. The highest BCUT2D eigenvalue weighted by Gasteiger charge is 2.48. The van der Waals surface area contributed by atoms with Gasteiger partial charge in [-0.2, -0.15) is 5.26 Å². The summed E-state index contributed by atoms with van der Waals surface area (Å²) in [6.07, 6.45) is 8.31. The van der Waals surface area contributed by atoms with E-state index in [9.17, 15) is 10.1 Å². The summed E-state index contributed by atoms with van der Waals surface area (Å²) in [7, 11) is 0. The lowest BCUT2D eigenvalue weighted by molar-refractivity contribution is -0.157. The van der Waals surface area contributed by atoms with Crippen LogP contribution >= 0.6 is 0 Å². The molecule has 4 aromatic rings. The lowest BCUT2D eigenvalue weighted by atomic mass is 9.85. The monoisotopic (exact) mass is 440 g/mol. The normalized spacial score (nSPS) is 20.0. The number of nitriles is 1. The maximum absolute atomic E-state index is 13.0. The van der Waals surface area contributed by atoms with E-state index in [1.54, 1.807) is 6.33 Å². The van der Waals surface area contributed by atoms with E-state index in [0.29, 0.717) is 26.1 Å². The molecule has 33 heavy (non-hydrogen) atoms. The fourth-order valence-corrected chi connectivity index (χ4v) is 5.30. The second kappa shape index (κ2) is 7.71. The summed E-state index contributed by atoms with van der Waals surface area (Å²) in [5.74, 6) is 0.0461. The molecule has 2 aliphatic rings. The molecule has 8 nitrogen and oxygen atoms in total. The Morgan fingerprint density at radius 2 is 2.09 bits per heavy atom. The Bertz CT molecular complexity index is 1380. The number of hydrogen-bond donors (Lipinski definition) is 1. The molecule has 2 fully saturated rings. The highest BCUT2D eigenvalue weighted by Crippen LogP contribution is 2.41. The topological polar surface area (TPSA) is 99.8 Å². The third kappa shape index (κ3) is 3.11. The number of aromatic amines is 1. The van der Waals surface area contributed by atoms with Crippen LogP contribution in [0.4, 0.5) is 0 Å². The van der Waals surface area contributed by atoms with Crippen molar-refractivity contribution in [1.29, 1.82) is 5.26 Å². The predicted molar refractivity (Wildman–Crippen MR) is 123 cm³/mol. The van der Waals surface area contributed by atoms with Gasteiger partial charge in [0, 0.05) is 53.9 Å². The van der Waals surface area contributed by atoms with Crippen LogP contribution in [-0.4, -0.2) is 56.1 Å². The van der Waals surface area contributed by atoms with Crippen molar-refractivity contribution in [2.45, 2.75) is 37.3 Å². The van der Waals surface area contributed by atoms with Crippen molar-refractivity contribution in [1.82, 2.24) is 24.4 Å². The Morgan fingerprint density at radius 1 is 1.21 bits per heavy atom. The molecular formula is C25H24N6O2. The second-order valence-electron chi connectivity index (χ2n) is 9.00. The summed E-state index contributed by atoms with van der Waals surface area (Å²) in [5, 5.41) is 11.7. The van der Waals surface area contributed by atoms with Crippen molar-refractivity contribution in [3.8, 4) is 17.3 Å². The molecular weight excluding hydrogens is 416 g/mol. The smallest absolute Gasteiger partial charge is 0.251 e. The first-order valence-electron chi connectivity index (χ1n) is 11.4. The van der Waals surface area contributed by atoms with Gasteiger partial charge in [0.15, 0.2) is 0 Å². The van der Waals surface area contributed by atoms with Gasteiger partial charge in [0.05, 0.1) is 23.7 Å². The Morgan fingerprint density at radius 3 is 2.91 bits per heavy atom. The van der Waals surface area contributed by atoms with Crippen molar-refractivity contribution >= 4 is 27.8 Å². The second-order valence-corrected chi connectivity index (χ2v) is 9.00. The van der Waals surface area contributed by atoms with E-state index in [1.807, 2.05) is 29.3 Å². The number of ether oxygens (including phenoxy) is 1. The minimum Gasteiger partial charge on any atom is -0.368 e. The molecule has 8 heteroatoms. The van der Waals surface area contributed by atoms with Crippen LogP contribution in [0.15, 0.2) is 49.1 Å². The maximum Gasteiger partial charge on any atom is 0.251 e. The summed E-state index contributed by atoms with van der Waals surface area (Å²) in [5.41, 5.74) is 3.20. The molecule has 3 aromatic heterocycles. The van der Waals surface area contributed by atoms with Crippen LogP contribution in [0.2, 0.25) is 0 Å². The summed E-state index contributed by atoms with van der Waals surface area (Å²) in [4.78, 5) is 26.9. The van der Waals surface area contributed by atoms with Gasteiger partial charge >= 0.3 is 0 Å². The zero-order valence-corrected chi connectivity index (χ0v) is 18.2. The molecule has 0 bridgehead atoms. The van der Waals surface area contributed by atoms with E-state index >= 15 is 0 Å². The van der Waals surface area contributed by atoms with Crippen LogP contribution < -0.4 is 0 Å². The van der Waals surface area contributed by atoms with Crippen molar-refractivity contribution in [2.75, 3.05) is 19.7 Å². The van der Waals surface area contributed by atoms with Crippen LogP contribution in [0, 0.1) is 11.3 Å². The number of nitrogens with zero attached hydrogens (tertiary/aromatic N) is 5. The number of hydrogen-bond acceptors (Lipinski definition) is 5. The molecule has 0 saturated carbocycles. The first kappa shape index (κ1) is 19.9. The van der Waals surface area contributed by atoms with Crippen LogP contribution in [0.1, 0.15) is 25.7 Å². The number of fused-ring (bicyclic) bond motifs is 2. The standard InChI is InChI=1S/C25H24N6O2/c26-10-9-25(14-30(15-25)24(32)21-7-3-4-12-33-21)31-13-19(17-5-1-2-6-20(17)31)22-18-8-11-27-23(18)29-16-28-22/h1-2,5-6,8,11,13,16,21H,3-4,7,9,12,14-15H2,(H,27,28,29). The number of amides is 1. The number of H-pyrrole nitrogens is 1. The molecule has 0 spiro atoms. The molecule has 1 atom stereocenters. The van der Waals surface area contributed by atoms with Gasteiger partial charge in [-0.1, -0.05) is 18.2 Å². The molecule has 166 valence electrons. The SMILES string of the molecule is N#CCC1(n2cc(-c3ncnc4[nH]ccc34)c3ccccc32)CN(C(=O)C2CCCCO2)C1. The van der Waals surface area contributed by atoms with Gasteiger partial charge in [0.2, 0.25) is 0 Å². The number of benzene rings is 1. The van der Waals surface area contributed by atoms with Crippen molar-refractivity contribution in [3.63, 3.8) is 0 Å². The van der Waals surface area contributed by atoms with Gasteiger partial charge in [-0.3, -0.25) is 4.79 Å². The number of carbonyl (C=O) groups excluding carboxylic acids is 1. The average Bonchev–Trinajstić information content (AvgIpc) is 3.46. The summed E-state index contributed by atoms with van der Waals surface area (Å²) in [6.45, 7) is 1.65. The van der Waals surface area contributed by atoms with Gasteiger partial charge < -0.3 is 19.2 Å².